The molecule has 0 saturated heterocycles. The van der Waals surface area contributed by atoms with Gasteiger partial charge in [0, 0.05) is 50.6 Å². The minimum absolute atomic E-state index is 0.00322. The predicted molar refractivity (Wildman–Crippen MR) is 116 cm³/mol. The normalized spacial score (nSPS) is 18.7. The predicted octanol–water partition coefficient (Wildman–Crippen LogP) is 3.00. The number of rotatable bonds is 7. The first-order valence-electron chi connectivity index (χ1n) is 9.90. The van der Waals surface area contributed by atoms with Gasteiger partial charge in [-0.3, -0.25) is 14.9 Å². The molecule has 1 fully saturated rings. The molecule has 9 heteroatoms. The number of nitro benzene ring substituents is 1. The van der Waals surface area contributed by atoms with E-state index < -0.39 is 4.92 Å². The van der Waals surface area contributed by atoms with Crippen LogP contribution in [0.15, 0.2) is 42.6 Å². The van der Waals surface area contributed by atoms with Gasteiger partial charge in [-0.1, -0.05) is 12.1 Å². The number of nitrogens with zero attached hydrogens (tertiary/aromatic N) is 4. The third-order valence-corrected chi connectivity index (χ3v) is 5.01. The van der Waals surface area contributed by atoms with Crippen molar-refractivity contribution < 1.29 is 9.72 Å². The fourth-order valence-electron chi connectivity index (χ4n) is 3.40. The first-order chi connectivity index (χ1) is 14.4. The number of nitro groups is 1. The Labute approximate surface area is 175 Å². The Morgan fingerprint density at radius 3 is 2.63 bits per heavy atom. The minimum Gasteiger partial charge on any atom is -0.363 e. The van der Waals surface area contributed by atoms with Crippen molar-refractivity contribution in [2.75, 3.05) is 24.3 Å². The zero-order valence-corrected chi connectivity index (χ0v) is 17.1. The van der Waals surface area contributed by atoms with Crippen molar-refractivity contribution >= 4 is 29.4 Å². The van der Waals surface area contributed by atoms with Crippen molar-refractivity contribution in [3.63, 3.8) is 0 Å². The van der Waals surface area contributed by atoms with Crippen molar-refractivity contribution in [2.45, 2.75) is 37.8 Å². The molecule has 0 spiro atoms. The molecule has 1 aromatic carbocycles. The maximum absolute atomic E-state index is 12.2. The van der Waals surface area contributed by atoms with Crippen LogP contribution in [0.2, 0.25) is 0 Å². The second-order valence-corrected chi connectivity index (χ2v) is 7.52. The molecule has 9 nitrogen and oxygen atoms in total. The SMILES string of the molecule is CN(C)c1ccnc(N[C@H]2CC[C@@H](NC(=O)C=Cc3cccc([N+](=O)[O-])c3)CC2)n1. The van der Waals surface area contributed by atoms with E-state index >= 15 is 0 Å². The molecule has 0 radical (unpaired) electrons. The standard InChI is InChI=1S/C21H26N6O3/c1-26(2)19-12-13-22-21(25-19)24-17-9-7-16(8-10-17)23-20(28)11-6-15-4-3-5-18(14-15)27(29)30/h3-6,11-14,16-17H,7-10H2,1-2H3,(H,23,28)(H,22,24,25)/t16-,17+. The smallest absolute Gasteiger partial charge is 0.270 e. The largest absolute Gasteiger partial charge is 0.363 e. The molecular formula is C21H26N6O3. The lowest BCUT2D eigenvalue weighted by Crippen LogP contribution is -2.39. The number of amides is 1. The molecule has 0 bridgehead atoms. The quantitative estimate of drug-likeness (QED) is 0.410. The van der Waals surface area contributed by atoms with Crippen molar-refractivity contribution in [3.05, 3.63) is 58.3 Å². The number of aromatic nitrogens is 2. The summed E-state index contributed by atoms with van der Waals surface area (Å²) in [5.74, 6) is 1.28. The van der Waals surface area contributed by atoms with E-state index in [0.29, 0.717) is 11.5 Å². The van der Waals surface area contributed by atoms with E-state index in [1.807, 2.05) is 25.1 Å². The number of non-ortho nitro benzene ring substituents is 1. The molecule has 0 aliphatic heterocycles. The zero-order valence-electron chi connectivity index (χ0n) is 17.1. The van der Waals surface area contributed by atoms with Gasteiger partial charge in [-0.05, 0) is 43.4 Å². The molecule has 30 heavy (non-hydrogen) atoms. The molecule has 1 saturated carbocycles. The number of benzene rings is 1. The van der Waals surface area contributed by atoms with Crippen LogP contribution in [0.4, 0.5) is 17.5 Å². The van der Waals surface area contributed by atoms with E-state index in [-0.39, 0.29) is 23.7 Å². The summed E-state index contributed by atoms with van der Waals surface area (Å²) in [6.45, 7) is 0. The molecule has 1 amide bonds. The Kier molecular flexibility index (Phi) is 6.95. The third kappa shape index (κ3) is 6.00. The molecule has 2 aromatic rings. The summed E-state index contributed by atoms with van der Waals surface area (Å²) in [6, 6.07) is 8.43. The molecule has 158 valence electrons. The van der Waals surface area contributed by atoms with Crippen LogP contribution in [-0.2, 0) is 4.79 Å². The van der Waals surface area contributed by atoms with Gasteiger partial charge in [0.15, 0.2) is 0 Å². The molecular weight excluding hydrogens is 384 g/mol. The number of anilines is 2. The van der Waals surface area contributed by atoms with Crippen molar-refractivity contribution in [2.24, 2.45) is 0 Å². The first kappa shape index (κ1) is 21.2. The molecule has 1 aliphatic carbocycles. The Morgan fingerprint density at radius 2 is 1.93 bits per heavy atom. The van der Waals surface area contributed by atoms with Crippen molar-refractivity contribution in [3.8, 4) is 0 Å². The van der Waals surface area contributed by atoms with Crippen LogP contribution in [0.3, 0.4) is 0 Å². The average molecular weight is 410 g/mol. The van der Waals surface area contributed by atoms with Crippen LogP contribution >= 0.6 is 0 Å². The van der Waals surface area contributed by atoms with Crippen LogP contribution in [0.1, 0.15) is 31.2 Å². The topological polar surface area (TPSA) is 113 Å². The lowest BCUT2D eigenvalue weighted by atomic mass is 9.91. The van der Waals surface area contributed by atoms with Gasteiger partial charge in [-0.2, -0.15) is 4.98 Å². The van der Waals surface area contributed by atoms with Crippen molar-refractivity contribution in [1.29, 1.82) is 0 Å². The molecule has 0 unspecified atom stereocenters. The van der Waals surface area contributed by atoms with Gasteiger partial charge in [0.2, 0.25) is 11.9 Å². The van der Waals surface area contributed by atoms with Gasteiger partial charge in [0.1, 0.15) is 5.82 Å². The van der Waals surface area contributed by atoms with E-state index in [4.69, 9.17) is 0 Å². The highest BCUT2D eigenvalue weighted by Crippen LogP contribution is 2.22. The summed E-state index contributed by atoms with van der Waals surface area (Å²) in [5.41, 5.74) is 0.621. The average Bonchev–Trinajstić information content (AvgIpc) is 2.74. The van der Waals surface area contributed by atoms with E-state index in [9.17, 15) is 14.9 Å². The number of hydrogen-bond donors (Lipinski definition) is 2. The Hall–Kier alpha value is -3.49. The van der Waals surface area contributed by atoms with Gasteiger partial charge >= 0.3 is 0 Å². The number of nitrogens with one attached hydrogen (secondary N) is 2. The van der Waals surface area contributed by atoms with E-state index in [1.54, 1.807) is 24.4 Å². The van der Waals surface area contributed by atoms with E-state index in [1.165, 1.54) is 18.2 Å². The Balaban J connectivity index is 1.46. The summed E-state index contributed by atoms with van der Waals surface area (Å²) in [7, 11) is 3.88. The summed E-state index contributed by atoms with van der Waals surface area (Å²) >= 11 is 0. The van der Waals surface area contributed by atoms with E-state index in [0.717, 1.165) is 31.5 Å². The lowest BCUT2D eigenvalue weighted by molar-refractivity contribution is -0.384. The molecule has 3 rings (SSSR count). The summed E-state index contributed by atoms with van der Waals surface area (Å²) in [4.78, 5) is 33.3. The molecule has 2 N–H and O–H groups in total. The Morgan fingerprint density at radius 1 is 1.20 bits per heavy atom. The van der Waals surface area contributed by atoms with Gasteiger partial charge in [0.05, 0.1) is 4.92 Å². The second-order valence-electron chi connectivity index (χ2n) is 7.52. The van der Waals surface area contributed by atoms with Gasteiger partial charge in [0.25, 0.3) is 5.69 Å². The highest BCUT2D eigenvalue weighted by molar-refractivity contribution is 5.92. The molecule has 1 aromatic heterocycles. The minimum atomic E-state index is -0.453. The number of carbonyl (C=O) groups excluding carboxylic acids is 1. The fraction of sp³-hybridized carbons (Fsp3) is 0.381. The zero-order chi connectivity index (χ0) is 21.5. The Bertz CT molecular complexity index is 922. The highest BCUT2D eigenvalue weighted by atomic mass is 16.6. The first-order valence-corrected chi connectivity index (χ1v) is 9.90. The molecule has 0 atom stereocenters. The molecule has 1 aliphatic rings. The van der Waals surface area contributed by atoms with Crippen LogP contribution in [-0.4, -0.2) is 47.0 Å². The highest BCUT2D eigenvalue weighted by Gasteiger charge is 2.22. The molecule has 1 heterocycles. The van der Waals surface area contributed by atoms with Gasteiger partial charge < -0.3 is 15.5 Å². The summed E-state index contributed by atoms with van der Waals surface area (Å²) in [6.07, 6.45) is 8.30. The second kappa shape index (κ2) is 9.82. The van der Waals surface area contributed by atoms with Gasteiger partial charge in [-0.15, -0.1) is 0 Å². The summed E-state index contributed by atoms with van der Waals surface area (Å²) < 4.78 is 0. The summed E-state index contributed by atoms with van der Waals surface area (Å²) in [5, 5.41) is 17.2. The van der Waals surface area contributed by atoms with Crippen LogP contribution in [0, 0.1) is 10.1 Å². The van der Waals surface area contributed by atoms with Crippen molar-refractivity contribution in [1.82, 2.24) is 15.3 Å². The maximum atomic E-state index is 12.2. The fourth-order valence-corrected chi connectivity index (χ4v) is 3.40. The number of hydrogen-bond acceptors (Lipinski definition) is 7. The van der Waals surface area contributed by atoms with Crippen LogP contribution in [0.25, 0.3) is 6.08 Å². The third-order valence-electron chi connectivity index (χ3n) is 5.01. The van der Waals surface area contributed by atoms with Crippen LogP contribution < -0.4 is 15.5 Å². The maximum Gasteiger partial charge on any atom is 0.270 e. The lowest BCUT2D eigenvalue weighted by Gasteiger charge is -2.29. The van der Waals surface area contributed by atoms with E-state index in [2.05, 4.69) is 20.6 Å². The van der Waals surface area contributed by atoms with Gasteiger partial charge in [-0.25, -0.2) is 4.98 Å². The van der Waals surface area contributed by atoms with Crippen LogP contribution in [0.5, 0.6) is 0 Å². The monoisotopic (exact) mass is 410 g/mol. The number of carbonyl (C=O) groups is 1.